The summed E-state index contributed by atoms with van der Waals surface area (Å²) in [5, 5.41) is 11.2. The number of amides is 1. The summed E-state index contributed by atoms with van der Waals surface area (Å²) in [5.74, 6) is 0.0991. The summed E-state index contributed by atoms with van der Waals surface area (Å²) in [7, 11) is 0. The molecule has 0 aliphatic carbocycles. The number of hydrogen-bond acceptors (Lipinski definition) is 3. The third-order valence-corrected chi connectivity index (χ3v) is 5.29. The second kappa shape index (κ2) is 10.9. The first kappa shape index (κ1) is 21.2. The van der Waals surface area contributed by atoms with Crippen LogP contribution in [0.1, 0.15) is 34.7 Å². The Balaban J connectivity index is 1.31. The Morgan fingerprint density at radius 2 is 1.47 bits per heavy atom. The fraction of sp³-hybridized carbons (Fsp3) is 0.148. The van der Waals surface area contributed by atoms with Gasteiger partial charge in [-0.15, -0.1) is 5.10 Å². The van der Waals surface area contributed by atoms with Gasteiger partial charge < -0.3 is 5.32 Å². The minimum atomic E-state index is -0.137. The molecule has 0 bridgehead atoms. The lowest BCUT2D eigenvalue weighted by Crippen LogP contribution is -2.23. The molecule has 1 N–H and O–H groups in total. The molecule has 5 nitrogen and oxygen atoms in total. The fourth-order valence-corrected chi connectivity index (χ4v) is 3.69. The second-order valence-corrected chi connectivity index (χ2v) is 7.61. The first-order chi connectivity index (χ1) is 15.8. The zero-order chi connectivity index (χ0) is 22.0. The number of hydrogen-bond donors (Lipinski definition) is 1. The highest BCUT2D eigenvalue weighted by Gasteiger charge is 2.13. The van der Waals surface area contributed by atoms with Crippen LogP contribution in [0.3, 0.4) is 0 Å². The quantitative estimate of drug-likeness (QED) is 0.399. The van der Waals surface area contributed by atoms with Crippen molar-refractivity contribution in [2.45, 2.75) is 18.9 Å². The third-order valence-electron chi connectivity index (χ3n) is 5.29. The van der Waals surface area contributed by atoms with Gasteiger partial charge in [0.05, 0.1) is 12.7 Å². The van der Waals surface area contributed by atoms with Crippen LogP contribution in [0.15, 0.2) is 103 Å². The lowest BCUT2D eigenvalue weighted by Gasteiger charge is -2.18. The van der Waals surface area contributed by atoms with Gasteiger partial charge in [0.2, 0.25) is 5.91 Å². The van der Waals surface area contributed by atoms with E-state index in [0.29, 0.717) is 18.8 Å². The third kappa shape index (κ3) is 6.01. The molecule has 1 aromatic heterocycles. The lowest BCUT2D eigenvalue weighted by molar-refractivity contribution is -0.116. The van der Waals surface area contributed by atoms with Crippen LogP contribution in [0.2, 0.25) is 0 Å². The van der Waals surface area contributed by atoms with Gasteiger partial charge in [0.25, 0.3) is 0 Å². The second-order valence-electron chi connectivity index (χ2n) is 7.61. The predicted molar refractivity (Wildman–Crippen MR) is 127 cm³/mol. The Morgan fingerprint density at radius 3 is 2.09 bits per heavy atom. The maximum atomic E-state index is 12.3. The van der Waals surface area contributed by atoms with E-state index in [9.17, 15) is 4.79 Å². The number of benzene rings is 3. The molecule has 0 unspecified atom stereocenters. The Bertz CT molecular complexity index is 1100. The van der Waals surface area contributed by atoms with E-state index in [4.69, 9.17) is 0 Å². The van der Waals surface area contributed by atoms with E-state index < -0.39 is 0 Å². The first-order valence-electron chi connectivity index (χ1n) is 10.8. The summed E-state index contributed by atoms with van der Waals surface area (Å²) in [6, 6.07) is 30.9. The van der Waals surface area contributed by atoms with Crippen LogP contribution in [0.5, 0.6) is 0 Å². The largest absolute Gasteiger partial charge is 0.353 e. The van der Waals surface area contributed by atoms with E-state index in [0.717, 1.165) is 12.0 Å². The van der Waals surface area contributed by atoms with E-state index in [1.165, 1.54) is 17.2 Å². The van der Waals surface area contributed by atoms with Crippen molar-refractivity contribution in [3.8, 4) is 0 Å². The Hall–Kier alpha value is -3.99. The van der Waals surface area contributed by atoms with E-state index >= 15 is 0 Å². The maximum Gasteiger partial charge on any atom is 0.244 e. The average Bonchev–Trinajstić information content (AvgIpc) is 3.29. The van der Waals surface area contributed by atoms with E-state index in [-0.39, 0.29) is 11.8 Å². The highest BCUT2D eigenvalue weighted by Crippen LogP contribution is 2.27. The molecule has 0 aliphatic rings. The summed E-state index contributed by atoms with van der Waals surface area (Å²) in [5.41, 5.74) is 4.30. The Labute approximate surface area is 188 Å². The number of carbonyl (C=O) groups is 1. The molecule has 0 aliphatic heterocycles. The van der Waals surface area contributed by atoms with Crippen molar-refractivity contribution in [3.05, 3.63) is 126 Å². The molecule has 0 saturated heterocycles. The summed E-state index contributed by atoms with van der Waals surface area (Å²) in [6.45, 7) is 1.23. The molecule has 0 radical (unpaired) electrons. The van der Waals surface area contributed by atoms with Crippen LogP contribution in [0.25, 0.3) is 6.08 Å². The highest BCUT2D eigenvalue weighted by molar-refractivity contribution is 5.91. The van der Waals surface area contributed by atoms with Crippen molar-refractivity contribution in [2.75, 3.05) is 6.54 Å². The fourth-order valence-electron chi connectivity index (χ4n) is 3.69. The zero-order valence-electron chi connectivity index (χ0n) is 17.8. The molecule has 160 valence electrons. The van der Waals surface area contributed by atoms with Crippen LogP contribution in [0.4, 0.5) is 0 Å². The van der Waals surface area contributed by atoms with Crippen molar-refractivity contribution < 1.29 is 4.79 Å². The number of aromatic nitrogens is 3. The standard InChI is InChI=1S/C27H26N4O/c32-27(17-16-25-21-31(30-29-25)20-22-10-4-1-5-11-22)28-19-18-26(23-12-6-2-7-13-23)24-14-8-3-9-15-24/h1-17,21,26H,18-20H2,(H,28,32)/b17-16+. The molecular formula is C27H26N4O. The predicted octanol–water partition coefficient (Wildman–Crippen LogP) is 4.68. The topological polar surface area (TPSA) is 59.8 Å². The van der Waals surface area contributed by atoms with Crippen molar-refractivity contribution in [1.29, 1.82) is 0 Å². The van der Waals surface area contributed by atoms with Crippen molar-refractivity contribution >= 4 is 12.0 Å². The van der Waals surface area contributed by atoms with E-state index in [1.807, 2.05) is 48.7 Å². The number of carbonyl (C=O) groups excluding carboxylic acids is 1. The smallest absolute Gasteiger partial charge is 0.244 e. The molecule has 0 atom stereocenters. The molecule has 1 heterocycles. The molecule has 32 heavy (non-hydrogen) atoms. The van der Waals surface area contributed by atoms with Crippen LogP contribution < -0.4 is 5.32 Å². The van der Waals surface area contributed by atoms with Crippen LogP contribution in [-0.4, -0.2) is 27.4 Å². The molecular weight excluding hydrogens is 396 g/mol. The van der Waals surface area contributed by atoms with Crippen LogP contribution in [0, 0.1) is 0 Å². The molecule has 4 aromatic rings. The lowest BCUT2D eigenvalue weighted by atomic mass is 9.88. The van der Waals surface area contributed by atoms with Gasteiger partial charge in [-0.2, -0.15) is 0 Å². The minimum absolute atomic E-state index is 0.137. The number of nitrogens with one attached hydrogen (secondary N) is 1. The van der Waals surface area contributed by atoms with Gasteiger partial charge >= 0.3 is 0 Å². The van der Waals surface area contributed by atoms with E-state index in [2.05, 4.69) is 64.2 Å². The van der Waals surface area contributed by atoms with Gasteiger partial charge in [-0.25, -0.2) is 4.68 Å². The molecule has 5 heteroatoms. The van der Waals surface area contributed by atoms with Gasteiger partial charge in [-0.1, -0.05) is 96.2 Å². The van der Waals surface area contributed by atoms with Gasteiger partial charge in [0, 0.05) is 18.5 Å². The molecule has 4 rings (SSSR count). The SMILES string of the molecule is O=C(/C=C/c1cn(Cc2ccccc2)nn1)NCCC(c1ccccc1)c1ccccc1. The van der Waals surface area contributed by atoms with Crippen LogP contribution in [-0.2, 0) is 11.3 Å². The molecule has 0 fully saturated rings. The first-order valence-corrected chi connectivity index (χ1v) is 10.8. The van der Waals surface area contributed by atoms with Crippen molar-refractivity contribution in [2.24, 2.45) is 0 Å². The summed E-state index contributed by atoms with van der Waals surface area (Å²) in [6.07, 6.45) is 5.85. The number of nitrogens with zero attached hydrogens (tertiary/aromatic N) is 3. The van der Waals surface area contributed by atoms with Crippen molar-refractivity contribution in [1.82, 2.24) is 20.3 Å². The van der Waals surface area contributed by atoms with Gasteiger partial charge in [-0.05, 0) is 29.2 Å². The summed E-state index contributed by atoms with van der Waals surface area (Å²) >= 11 is 0. The van der Waals surface area contributed by atoms with Gasteiger partial charge in [-0.3, -0.25) is 4.79 Å². The zero-order valence-corrected chi connectivity index (χ0v) is 17.8. The Morgan fingerprint density at radius 1 is 0.875 bits per heavy atom. The number of rotatable bonds is 9. The van der Waals surface area contributed by atoms with Crippen LogP contribution >= 0.6 is 0 Å². The highest BCUT2D eigenvalue weighted by atomic mass is 16.1. The van der Waals surface area contributed by atoms with Gasteiger partial charge in [0.1, 0.15) is 5.69 Å². The van der Waals surface area contributed by atoms with Gasteiger partial charge in [0.15, 0.2) is 0 Å². The normalized spacial score (nSPS) is 11.2. The van der Waals surface area contributed by atoms with Crippen molar-refractivity contribution in [3.63, 3.8) is 0 Å². The van der Waals surface area contributed by atoms with E-state index in [1.54, 1.807) is 10.8 Å². The summed E-state index contributed by atoms with van der Waals surface area (Å²) < 4.78 is 1.76. The minimum Gasteiger partial charge on any atom is -0.353 e. The molecule has 0 saturated carbocycles. The average molecular weight is 423 g/mol. The monoisotopic (exact) mass is 422 g/mol. The molecule has 3 aromatic carbocycles. The summed E-state index contributed by atoms with van der Waals surface area (Å²) in [4.78, 5) is 12.3. The molecule has 1 amide bonds. The molecule has 0 spiro atoms. The Kier molecular flexibility index (Phi) is 7.21. The maximum absolute atomic E-state index is 12.3.